The normalized spacial score (nSPS) is 12.2. The molecule has 1 aromatic heterocycles. The smallest absolute Gasteiger partial charge is 0.257 e. The first kappa shape index (κ1) is 13.3. The molecule has 1 unspecified atom stereocenters. The van der Waals surface area contributed by atoms with Crippen LogP contribution < -0.4 is 5.32 Å². The van der Waals surface area contributed by atoms with Gasteiger partial charge in [0, 0.05) is 0 Å². The van der Waals surface area contributed by atoms with Gasteiger partial charge in [-0.1, -0.05) is 35.0 Å². The lowest BCUT2D eigenvalue weighted by molar-refractivity contribution is 0.0938. The summed E-state index contributed by atoms with van der Waals surface area (Å²) in [6.07, 6.45) is 0. The Labute approximate surface area is 112 Å². The van der Waals surface area contributed by atoms with E-state index in [-0.39, 0.29) is 11.9 Å². The number of benzene rings is 1. The van der Waals surface area contributed by atoms with Gasteiger partial charge in [-0.3, -0.25) is 4.79 Å². The Hall–Kier alpha value is -2.10. The molecule has 2 rings (SSSR count). The van der Waals surface area contributed by atoms with Crippen LogP contribution in [0.4, 0.5) is 0 Å². The molecule has 1 N–H and O–H groups in total. The van der Waals surface area contributed by atoms with Crippen molar-refractivity contribution in [3.63, 3.8) is 0 Å². The molecule has 2 aromatic rings. The van der Waals surface area contributed by atoms with Crippen LogP contribution in [0.3, 0.4) is 0 Å². The molecule has 0 bridgehead atoms. The highest BCUT2D eigenvalue weighted by Crippen LogP contribution is 2.16. The van der Waals surface area contributed by atoms with Gasteiger partial charge in [0.1, 0.15) is 11.3 Å². The van der Waals surface area contributed by atoms with Crippen molar-refractivity contribution in [2.75, 3.05) is 0 Å². The zero-order valence-corrected chi connectivity index (χ0v) is 11.7. The molecule has 100 valence electrons. The fraction of sp³-hybridized carbons (Fsp3) is 0.333. The molecule has 1 amide bonds. The highest BCUT2D eigenvalue weighted by Gasteiger charge is 2.19. The summed E-state index contributed by atoms with van der Waals surface area (Å²) in [7, 11) is 0. The molecule has 0 spiro atoms. The number of hydrogen-bond donors (Lipinski definition) is 1. The van der Waals surface area contributed by atoms with Crippen molar-refractivity contribution in [2.45, 2.75) is 33.7 Å². The van der Waals surface area contributed by atoms with Crippen molar-refractivity contribution >= 4 is 5.91 Å². The standard InChI is InChI=1S/C15H18N2O2/c1-9-5-7-13(8-6-9)10(2)16-15(18)14-11(3)17-19-12(14)4/h5-8,10H,1-4H3,(H,16,18). The molecule has 0 aliphatic rings. The molecule has 1 aromatic carbocycles. The maximum atomic E-state index is 12.2. The lowest BCUT2D eigenvalue weighted by Gasteiger charge is -2.14. The quantitative estimate of drug-likeness (QED) is 0.920. The minimum absolute atomic E-state index is 0.0539. The second-order valence-electron chi connectivity index (χ2n) is 4.81. The number of carbonyl (C=O) groups is 1. The zero-order valence-electron chi connectivity index (χ0n) is 11.7. The van der Waals surface area contributed by atoms with Crippen LogP contribution in [0.5, 0.6) is 0 Å². The predicted molar refractivity (Wildman–Crippen MR) is 73.0 cm³/mol. The van der Waals surface area contributed by atoms with Crippen LogP contribution in [-0.2, 0) is 0 Å². The summed E-state index contributed by atoms with van der Waals surface area (Å²) in [6.45, 7) is 7.51. The van der Waals surface area contributed by atoms with Crippen molar-refractivity contribution in [1.82, 2.24) is 10.5 Å². The first-order chi connectivity index (χ1) is 8.99. The van der Waals surface area contributed by atoms with Gasteiger partial charge < -0.3 is 9.84 Å². The number of nitrogens with zero attached hydrogens (tertiary/aromatic N) is 1. The van der Waals surface area contributed by atoms with Gasteiger partial charge in [0.25, 0.3) is 5.91 Å². The highest BCUT2D eigenvalue weighted by atomic mass is 16.5. The number of amides is 1. The summed E-state index contributed by atoms with van der Waals surface area (Å²) in [5.74, 6) is 0.399. The third-order valence-corrected chi connectivity index (χ3v) is 3.19. The van der Waals surface area contributed by atoms with Crippen LogP contribution >= 0.6 is 0 Å². The van der Waals surface area contributed by atoms with E-state index in [4.69, 9.17) is 4.52 Å². The Kier molecular flexibility index (Phi) is 3.69. The number of carbonyl (C=O) groups excluding carboxylic acids is 1. The van der Waals surface area contributed by atoms with E-state index < -0.39 is 0 Å². The Morgan fingerprint density at radius 3 is 2.37 bits per heavy atom. The fourth-order valence-electron chi connectivity index (χ4n) is 2.01. The first-order valence-electron chi connectivity index (χ1n) is 6.29. The molecule has 1 atom stereocenters. The van der Waals surface area contributed by atoms with E-state index in [2.05, 4.69) is 10.5 Å². The summed E-state index contributed by atoms with van der Waals surface area (Å²) in [5, 5.41) is 6.75. The van der Waals surface area contributed by atoms with Crippen molar-refractivity contribution in [3.8, 4) is 0 Å². The zero-order chi connectivity index (χ0) is 14.0. The molecular formula is C15H18N2O2. The van der Waals surface area contributed by atoms with Crippen molar-refractivity contribution in [2.24, 2.45) is 0 Å². The number of aryl methyl sites for hydroxylation is 3. The number of nitrogens with one attached hydrogen (secondary N) is 1. The molecule has 0 saturated heterocycles. The summed E-state index contributed by atoms with van der Waals surface area (Å²) in [6, 6.07) is 8.06. The van der Waals surface area contributed by atoms with E-state index in [0.29, 0.717) is 17.0 Å². The largest absolute Gasteiger partial charge is 0.361 e. The van der Waals surface area contributed by atoms with Crippen LogP contribution in [0.2, 0.25) is 0 Å². The van der Waals surface area contributed by atoms with Crippen LogP contribution in [-0.4, -0.2) is 11.1 Å². The summed E-state index contributed by atoms with van der Waals surface area (Å²) < 4.78 is 5.01. The second-order valence-corrected chi connectivity index (χ2v) is 4.81. The maximum absolute atomic E-state index is 12.2. The molecule has 0 radical (unpaired) electrons. The number of hydrogen-bond acceptors (Lipinski definition) is 3. The molecule has 1 heterocycles. The van der Waals surface area contributed by atoms with Crippen LogP contribution in [0.25, 0.3) is 0 Å². The molecule has 19 heavy (non-hydrogen) atoms. The molecule has 0 fully saturated rings. The Balaban J connectivity index is 2.13. The summed E-state index contributed by atoms with van der Waals surface area (Å²) in [4.78, 5) is 12.2. The fourth-order valence-corrected chi connectivity index (χ4v) is 2.01. The van der Waals surface area contributed by atoms with Gasteiger partial charge in [-0.25, -0.2) is 0 Å². The first-order valence-corrected chi connectivity index (χ1v) is 6.29. The van der Waals surface area contributed by atoms with Crippen LogP contribution in [0.1, 0.15) is 45.9 Å². The Bertz CT molecular complexity index is 565. The van der Waals surface area contributed by atoms with Gasteiger partial charge in [0.05, 0.1) is 11.7 Å². The van der Waals surface area contributed by atoms with E-state index in [9.17, 15) is 4.79 Å². The average Bonchev–Trinajstić information content (AvgIpc) is 2.69. The minimum Gasteiger partial charge on any atom is -0.361 e. The number of rotatable bonds is 3. The van der Waals surface area contributed by atoms with Gasteiger partial charge in [0.15, 0.2) is 0 Å². The third kappa shape index (κ3) is 2.84. The van der Waals surface area contributed by atoms with Crippen LogP contribution in [0, 0.1) is 20.8 Å². The minimum atomic E-state index is -0.149. The molecule has 0 aliphatic carbocycles. The topological polar surface area (TPSA) is 55.1 Å². The van der Waals surface area contributed by atoms with Gasteiger partial charge >= 0.3 is 0 Å². The lowest BCUT2D eigenvalue weighted by Crippen LogP contribution is -2.27. The van der Waals surface area contributed by atoms with E-state index in [1.165, 1.54) is 5.56 Å². The van der Waals surface area contributed by atoms with E-state index in [1.807, 2.05) is 38.1 Å². The van der Waals surface area contributed by atoms with Crippen molar-refractivity contribution < 1.29 is 9.32 Å². The molecule has 4 heteroatoms. The molecule has 0 aliphatic heterocycles. The van der Waals surface area contributed by atoms with Gasteiger partial charge in [-0.2, -0.15) is 0 Å². The Morgan fingerprint density at radius 2 is 1.84 bits per heavy atom. The molecule has 4 nitrogen and oxygen atoms in total. The van der Waals surface area contributed by atoms with Gasteiger partial charge in [-0.15, -0.1) is 0 Å². The number of aromatic nitrogens is 1. The second kappa shape index (κ2) is 5.26. The summed E-state index contributed by atoms with van der Waals surface area (Å²) >= 11 is 0. The van der Waals surface area contributed by atoms with Crippen LogP contribution in [0.15, 0.2) is 28.8 Å². The van der Waals surface area contributed by atoms with E-state index in [0.717, 1.165) is 5.56 Å². The van der Waals surface area contributed by atoms with E-state index in [1.54, 1.807) is 13.8 Å². The maximum Gasteiger partial charge on any atom is 0.257 e. The van der Waals surface area contributed by atoms with Crippen molar-refractivity contribution in [1.29, 1.82) is 0 Å². The highest BCUT2D eigenvalue weighted by molar-refractivity contribution is 5.96. The Morgan fingerprint density at radius 1 is 1.21 bits per heavy atom. The monoisotopic (exact) mass is 258 g/mol. The van der Waals surface area contributed by atoms with Gasteiger partial charge in [0.2, 0.25) is 0 Å². The van der Waals surface area contributed by atoms with Gasteiger partial charge in [-0.05, 0) is 33.3 Å². The third-order valence-electron chi connectivity index (χ3n) is 3.19. The molecule has 0 saturated carbocycles. The average molecular weight is 258 g/mol. The molecular weight excluding hydrogens is 240 g/mol. The van der Waals surface area contributed by atoms with E-state index >= 15 is 0 Å². The SMILES string of the molecule is Cc1ccc(C(C)NC(=O)c2c(C)noc2C)cc1. The van der Waals surface area contributed by atoms with Crippen molar-refractivity contribution in [3.05, 3.63) is 52.4 Å². The lowest BCUT2D eigenvalue weighted by atomic mass is 10.1. The predicted octanol–water partition coefficient (Wildman–Crippen LogP) is 3.09. The summed E-state index contributed by atoms with van der Waals surface area (Å²) in [5.41, 5.74) is 3.42.